The molecule has 1 aliphatic heterocycles. The Labute approximate surface area is 202 Å². The molecule has 0 bridgehead atoms. The van der Waals surface area contributed by atoms with Crippen molar-refractivity contribution in [3.8, 4) is 17.3 Å². The van der Waals surface area contributed by atoms with Crippen molar-refractivity contribution in [2.75, 3.05) is 18.0 Å². The van der Waals surface area contributed by atoms with Gasteiger partial charge in [-0.15, -0.1) is 0 Å². The summed E-state index contributed by atoms with van der Waals surface area (Å²) in [7, 11) is 0. The molecule has 0 aliphatic carbocycles. The maximum atomic E-state index is 6.29. The van der Waals surface area contributed by atoms with E-state index >= 15 is 0 Å². The number of imidazole rings is 1. The van der Waals surface area contributed by atoms with E-state index in [4.69, 9.17) is 21.3 Å². The van der Waals surface area contributed by atoms with E-state index in [9.17, 15) is 0 Å². The van der Waals surface area contributed by atoms with Gasteiger partial charge in [0.1, 0.15) is 17.5 Å². The number of ether oxygens (including phenoxy) is 1. The van der Waals surface area contributed by atoms with Gasteiger partial charge in [0.25, 0.3) is 0 Å². The van der Waals surface area contributed by atoms with Crippen LogP contribution >= 0.6 is 11.6 Å². The Hall–Kier alpha value is -3.58. The third-order valence-corrected chi connectivity index (χ3v) is 6.82. The van der Waals surface area contributed by atoms with E-state index in [0.717, 1.165) is 57.9 Å². The predicted octanol–water partition coefficient (Wildman–Crippen LogP) is 6.28. The summed E-state index contributed by atoms with van der Waals surface area (Å²) >= 11 is 6.29. The fourth-order valence-electron chi connectivity index (χ4n) is 4.69. The lowest BCUT2D eigenvalue weighted by Gasteiger charge is -2.28. The van der Waals surface area contributed by atoms with Gasteiger partial charge in [-0.1, -0.05) is 11.6 Å². The minimum absolute atomic E-state index is 0.220. The zero-order valence-corrected chi connectivity index (χ0v) is 19.6. The van der Waals surface area contributed by atoms with Gasteiger partial charge in [-0.05, 0) is 68.7 Å². The topological polar surface area (TPSA) is 82.7 Å². The molecule has 5 aromatic rings. The van der Waals surface area contributed by atoms with Crippen LogP contribution in [0.15, 0.2) is 54.9 Å². The number of aromatic nitrogens is 5. The molecule has 0 radical (unpaired) electrons. The molecule has 172 valence electrons. The van der Waals surface area contributed by atoms with Crippen LogP contribution in [0.4, 0.5) is 5.69 Å². The lowest BCUT2D eigenvalue weighted by Crippen LogP contribution is -2.29. The van der Waals surface area contributed by atoms with Crippen LogP contribution in [0.5, 0.6) is 5.75 Å². The normalized spacial score (nSPS) is 15.2. The first kappa shape index (κ1) is 21.0. The number of pyridine rings is 1. The lowest BCUT2D eigenvalue weighted by atomic mass is 10.1. The SMILES string of the molecule is CC(Oc1ccc2[nH]nc(-c3nc4ccc(N5CCCCC5)cc4[nH]3)c2c1)c1ccncc1Cl. The van der Waals surface area contributed by atoms with E-state index in [2.05, 4.69) is 43.3 Å². The first-order valence-corrected chi connectivity index (χ1v) is 12.0. The van der Waals surface area contributed by atoms with E-state index in [1.54, 1.807) is 12.4 Å². The minimum Gasteiger partial charge on any atom is -0.486 e. The van der Waals surface area contributed by atoms with Crippen molar-refractivity contribution in [2.24, 2.45) is 0 Å². The molecule has 1 aliphatic rings. The number of aromatic amines is 2. The summed E-state index contributed by atoms with van der Waals surface area (Å²) in [6, 6.07) is 14.2. The largest absolute Gasteiger partial charge is 0.486 e. The fourth-order valence-corrected chi connectivity index (χ4v) is 4.96. The number of nitrogens with zero attached hydrogens (tertiary/aromatic N) is 4. The molecule has 0 spiro atoms. The highest BCUT2D eigenvalue weighted by atomic mass is 35.5. The third kappa shape index (κ3) is 3.86. The number of halogens is 1. The molecule has 2 aromatic carbocycles. The number of anilines is 1. The van der Waals surface area contributed by atoms with Crippen LogP contribution < -0.4 is 9.64 Å². The van der Waals surface area contributed by atoms with E-state index in [0.29, 0.717) is 5.02 Å². The Morgan fingerprint density at radius 2 is 1.91 bits per heavy atom. The molecule has 1 fully saturated rings. The Morgan fingerprint density at radius 3 is 2.76 bits per heavy atom. The van der Waals surface area contributed by atoms with Crippen molar-refractivity contribution in [3.63, 3.8) is 0 Å². The summed E-state index contributed by atoms with van der Waals surface area (Å²) in [5.41, 5.74) is 5.78. The van der Waals surface area contributed by atoms with Gasteiger partial charge in [-0.3, -0.25) is 10.1 Å². The zero-order valence-electron chi connectivity index (χ0n) is 18.9. The van der Waals surface area contributed by atoms with E-state index in [1.165, 1.54) is 24.9 Å². The van der Waals surface area contributed by atoms with Gasteiger partial charge >= 0.3 is 0 Å². The Balaban J connectivity index is 1.32. The van der Waals surface area contributed by atoms with Crippen LogP contribution in [0, 0.1) is 0 Å². The van der Waals surface area contributed by atoms with Crippen LogP contribution in [0.25, 0.3) is 33.5 Å². The monoisotopic (exact) mass is 472 g/mol. The number of hydrogen-bond acceptors (Lipinski definition) is 5. The van der Waals surface area contributed by atoms with Gasteiger partial charge in [-0.25, -0.2) is 4.98 Å². The average Bonchev–Trinajstić information content (AvgIpc) is 3.48. The van der Waals surface area contributed by atoms with Crippen LogP contribution in [0.2, 0.25) is 5.02 Å². The van der Waals surface area contributed by atoms with Crippen LogP contribution in [0.1, 0.15) is 37.9 Å². The number of hydrogen-bond donors (Lipinski definition) is 2. The Morgan fingerprint density at radius 1 is 1.03 bits per heavy atom. The van der Waals surface area contributed by atoms with Crippen molar-refractivity contribution in [1.82, 2.24) is 25.1 Å². The Kier molecular flexibility index (Phi) is 5.34. The summed E-state index contributed by atoms with van der Waals surface area (Å²) in [5.74, 6) is 1.47. The summed E-state index contributed by atoms with van der Waals surface area (Å²) in [4.78, 5) is 14.8. The number of nitrogens with one attached hydrogen (secondary N) is 2. The van der Waals surface area contributed by atoms with E-state index in [-0.39, 0.29) is 6.10 Å². The summed E-state index contributed by atoms with van der Waals surface area (Å²) in [6.07, 6.45) is 6.95. The second kappa shape index (κ2) is 8.65. The molecule has 1 atom stereocenters. The standard InChI is InChI=1S/C26H25ClN6O/c1-16(19-9-10-28-15-21(19)27)34-18-6-8-22-20(14-18)25(32-31-22)26-29-23-7-5-17(13-24(23)30-26)33-11-3-2-4-12-33/h5-10,13-16H,2-4,11-12H2,1H3,(H,29,30)(H,31,32). The number of H-pyrrole nitrogens is 2. The van der Waals surface area contributed by atoms with Crippen molar-refractivity contribution < 1.29 is 4.74 Å². The highest BCUT2D eigenvalue weighted by Crippen LogP contribution is 2.33. The number of piperidine rings is 1. The molecule has 8 heteroatoms. The molecule has 6 rings (SSSR count). The first-order chi connectivity index (χ1) is 16.7. The molecular formula is C26H25ClN6O. The van der Waals surface area contributed by atoms with E-state index < -0.39 is 0 Å². The maximum Gasteiger partial charge on any atom is 0.159 e. The molecule has 4 heterocycles. The molecule has 34 heavy (non-hydrogen) atoms. The average molecular weight is 473 g/mol. The van der Waals surface area contributed by atoms with Gasteiger partial charge in [0.2, 0.25) is 0 Å². The first-order valence-electron chi connectivity index (χ1n) is 11.6. The van der Waals surface area contributed by atoms with Gasteiger partial charge in [0.05, 0.1) is 21.6 Å². The van der Waals surface area contributed by atoms with Gasteiger partial charge in [-0.2, -0.15) is 5.10 Å². The second-order valence-electron chi connectivity index (χ2n) is 8.77. The molecule has 1 unspecified atom stereocenters. The molecule has 7 nitrogen and oxygen atoms in total. The molecule has 0 saturated carbocycles. The number of rotatable bonds is 5. The van der Waals surface area contributed by atoms with Crippen molar-refractivity contribution in [1.29, 1.82) is 0 Å². The summed E-state index contributed by atoms with van der Waals surface area (Å²) in [5, 5.41) is 9.20. The lowest BCUT2D eigenvalue weighted by molar-refractivity contribution is 0.227. The predicted molar refractivity (Wildman–Crippen MR) is 136 cm³/mol. The number of fused-ring (bicyclic) bond motifs is 2. The summed E-state index contributed by atoms with van der Waals surface area (Å²) < 4.78 is 6.20. The summed E-state index contributed by atoms with van der Waals surface area (Å²) in [6.45, 7) is 4.20. The van der Waals surface area contributed by atoms with Crippen molar-refractivity contribution >= 4 is 39.2 Å². The van der Waals surface area contributed by atoms with Crippen molar-refractivity contribution in [3.05, 3.63) is 65.4 Å². The number of benzene rings is 2. The van der Waals surface area contributed by atoms with Crippen LogP contribution in [0.3, 0.4) is 0 Å². The third-order valence-electron chi connectivity index (χ3n) is 6.50. The van der Waals surface area contributed by atoms with E-state index in [1.807, 2.05) is 31.2 Å². The molecule has 0 amide bonds. The van der Waals surface area contributed by atoms with Crippen molar-refractivity contribution in [2.45, 2.75) is 32.3 Å². The molecule has 2 N–H and O–H groups in total. The molecule has 3 aromatic heterocycles. The molecular weight excluding hydrogens is 448 g/mol. The van der Waals surface area contributed by atoms with Gasteiger partial charge < -0.3 is 14.6 Å². The smallest absolute Gasteiger partial charge is 0.159 e. The highest BCUT2D eigenvalue weighted by Gasteiger charge is 2.17. The van der Waals surface area contributed by atoms with Gasteiger partial charge in [0, 0.05) is 42.1 Å². The maximum absolute atomic E-state index is 6.29. The fraction of sp³-hybridized carbons (Fsp3) is 0.269. The second-order valence-corrected chi connectivity index (χ2v) is 9.18. The van der Waals surface area contributed by atoms with Crippen LogP contribution in [-0.4, -0.2) is 38.2 Å². The van der Waals surface area contributed by atoms with Gasteiger partial charge in [0.15, 0.2) is 5.82 Å². The van der Waals surface area contributed by atoms with Crippen LogP contribution in [-0.2, 0) is 0 Å². The minimum atomic E-state index is -0.220. The zero-order chi connectivity index (χ0) is 23.1. The quantitative estimate of drug-likeness (QED) is 0.314. The Bertz CT molecular complexity index is 1470. The highest BCUT2D eigenvalue weighted by molar-refractivity contribution is 6.31. The molecule has 1 saturated heterocycles.